The molecule has 0 spiro atoms. The zero-order valence-electron chi connectivity index (χ0n) is 11.7. The minimum absolute atomic E-state index is 0.0159. The van der Waals surface area contributed by atoms with Gasteiger partial charge in [-0.05, 0) is 6.42 Å². The molecule has 0 aliphatic rings. The molecule has 0 aliphatic carbocycles. The van der Waals surface area contributed by atoms with Crippen LogP contribution in [-0.4, -0.2) is 55.5 Å². The van der Waals surface area contributed by atoms with Gasteiger partial charge in [0.05, 0.1) is 12.5 Å². The summed E-state index contributed by atoms with van der Waals surface area (Å²) < 4.78 is 0. The summed E-state index contributed by atoms with van der Waals surface area (Å²) in [6.07, 6.45) is 1.88. The first-order valence-electron chi connectivity index (χ1n) is 6.78. The molecule has 112 valence electrons. The third-order valence-electron chi connectivity index (χ3n) is 2.71. The molecule has 0 radical (unpaired) electrons. The maximum absolute atomic E-state index is 11.9. The molecule has 7 N–H and O–H groups in total. The van der Waals surface area contributed by atoms with Gasteiger partial charge in [0.1, 0.15) is 0 Å². The average Bonchev–Trinajstić information content (AvgIpc) is 2.38. The Morgan fingerprint density at radius 3 is 2.26 bits per heavy atom. The number of nitrogens with two attached hydrogens (primary N) is 3. The van der Waals surface area contributed by atoms with Crippen molar-refractivity contribution >= 4 is 11.8 Å². The predicted molar refractivity (Wildman–Crippen MR) is 75.2 cm³/mol. The van der Waals surface area contributed by atoms with Crippen LogP contribution in [0.1, 0.15) is 26.2 Å². The minimum atomic E-state index is -0.817. The van der Waals surface area contributed by atoms with E-state index in [2.05, 4.69) is 5.32 Å². The van der Waals surface area contributed by atoms with Gasteiger partial charge >= 0.3 is 0 Å². The number of carbonyl (C=O) groups is 2. The molecule has 0 rings (SSSR count). The van der Waals surface area contributed by atoms with Gasteiger partial charge in [-0.2, -0.15) is 0 Å². The molecule has 7 heteroatoms. The monoisotopic (exact) mass is 273 g/mol. The van der Waals surface area contributed by atoms with Crippen LogP contribution >= 0.6 is 0 Å². The summed E-state index contributed by atoms with van der Waals surface area (Å²) >= 11 is 0. The third-order valence-corrected chi connectivity index (χ3v) is 2.71. The van der Waals surface area contributed by atoms with E-state index in [9.17, 15) is 9.59 Å². The molecule has 0 aromatic heterocycles. The van der Waals surface area contributed by atoms with Crippen LogP contribution in [0.3, 0.4) is 0 Å². The van der Waals surface area contributed by atoms with Gasteiger partial charge in [0.25, 0.3) is 0 Å². The fourth-order valence-electron chi connectivity index (χ4n) is 1.60. The van der Waals surface area contributed by atoms with Gasteiger partial charge in [-0.15, -0.1) is 0 Å². The molecule has 0 aromatic rings. The topological polar surface area (TPSA) is 127 Å². The van der Waals surface area contributed by atoms with E-state index in [4.69, 9.17) is 17.2 Å². The second-order valence-corrected chi connectivity index (χ2v) is 4.41. The minimum Gasteiger partial charge on any atom is -0.355 e. The fraction of sp³-hybridized carbons (Fsp3) is 0.833. The second-order valence-electron chi connectivity index (χ2n) is 4.41. The number of amides is 2. The van der Waals surface area contributed by atoms with Crippen molar-refractivity contribution in [2.75, 3.05) is 32.7 Å². The lowest BCUT2D eigenvalue weighted by atomic mass is 10.1. The summed E-state index contributed by atoms with van der Waals surface area (Å²) in [5.41, 5.74) is 16.6. The zero-order valence-corrected chi connectivity index (χ0v) is 11.7. The maximum Gasteiger partial charge on any atom is 0.237 e. The van der Waals surface area contributed by atoms with Crippen LogP contribution in [0.2, 0.25) is 0 Å². The van der Waals surface area contributed by atoms with Crippen molar-refractivity contribution in [3.8, 4) is 0 Å². The molecule has 1 unspecified atom stereocenters. The van der Waals surface area contributed by atoms with E-state index >= 15 is 0 Å². The Labute approximate surface area is 114 Å². The van der Waals surface area contributed by atoms with E-state index < -0.39 is 6.04 Å². The van der Waals surface area contributed by atoms with E-state index in [0.29, 0.717) is 32.7 Å². The summed E-state index contributed by atoms with van der Waals surface area (Å²) in [6, 6.07) is -0.817. The third kappa shape index (κ3) is 7.76. The maximum atomic E-state index is 11.9. The Hall–Kier alpha value is -1.18. The standard InChI is InChI=1S/C12H27N5O2/c1-2-3-6-16-12(19)10(15)9-11(18)17(7-4-13)8-5-14/h10H,2-9,13-15H2,1H3,(H,16,19). The van der Waals surface area contributed by atoms with E-state index in [1.807, 2.05) is 6.92 Å². The Balaban J connectivity index is 4.16. The second kappa shape index (κ2) is 10.7. The molecule has 19 heavy (non-hydrogen) atoms. The molecule has 0 saturated heterocycles. The number of rotatable bonds is 10. The summed E-state index contributed by atoms with van der Waals surface area (Å²) in [7, 11) is 0. The van der Waals surface area contributed by atoms with Crippen LogP contribution in [0, 0.1) is 0 Å². The first-order chi connectivity index (χ1) is 9.06. The Morgan fingerprint density at radius 2 is 1.79 bits per heavy atom. The first-order valence-corrected chi connectivity index (χ1v) is 6.78. The number of nitrogens with one attached hydrogen (secondary N) is 1. The van der Waals surface area contributed by atoms with Crippen LogP contribution < -0.4 is 22.5 Å². The van der Waals surface area contributed by atoms with Crippen LogP contribution in [0.25, 0.3) is 0 Å². The average molecular weight is 273 g/mol. The highest BCUT2D eigenvalue weighted by Gasteiger charge is 2.20. The molecule has 1 atom stereocenters. The summed E-state index contributed by atoms with van der Waals surface area (Å²) in [6.45, 7) is 4.22. The van der Waals surface area contributed by atoms with Crippen LogP contribution in [0.15, 0.2) is 0 Å². The molecule has 0 aromatic carbocycles. The Kier molecular flexibility index (Phi) is 10.1. The van der Waals surface area contributed by atoms with Crippen molar-refractivity contribution in [1.29, 1.82) is 0 Å². The molecule has 2 amide bonds. The normalized spacial score (nSPS) is 12.0. The first kappa shape index (κ1) is 17.8. The molecular formula is C12H27N5O2. The highest BCUT2D eigenvalue weighted by atomic mass is 16.2. The fourth-order valence-corrected chi connectivity index (χ4v) is 1.60. The summed E-state index contributed by atoms with van der Waals surface area (Å²) in [5, 5.41) is 2.71. The molecule has 0 saturated carbocycles. The van der Waals surface area contributed by atoms with Crippen LogP contribution in [-0.2, 0) is 9.59 Å². The zero-order chi connectivity index (χ0) is 14.7. The Morgan fingerprint density at radius 1 is 1.21 bits per heavy atom. The van der Waals surface area contributed by atoms with Gasteiger partial charge < -0.3 is 27.4 Å². The number of unbranched alkanes of at least 4 members (excludes halogenated alkanes) is 1. The summed E-state index contributed by atoms with van der Waals surface area (Å²) in [4.78, 5) is 25.1. The van der Waals surface area contributed by atoms with Crippen molar-refractivity contribution in [3.05, 3.63) is 0 Å². The molecule has 0 aliphatic heterocycles. The van der Waals surface area contributed by atoms with Gasteiger partial charge in [-0.25, -0.2) is 0 Å². The predicted octanol–water partition coefficient (Wildman–Crippen LogP) is -1.63. The number of carbonyl (C=O) groups excluding carboxylic acids is 2. The molecule has 0 bridgehead atoms. The number of nitrogens with zero attached hydrogens (tertiary/aromatic N) is 1. The molecule has 0 fully saturated rings. The SMILES string of the molecule is CCCCNC(=O)C(N)CC(=O)N(CCN)CCN. The van der Waals surface area contributed by atoms with Crippen molar-refractivity contribution in [3.63, 3.8) is 0 Å². The highest BCUT2D eigenvalue weighted by Crippen LogP contribution is 1.97. The van der Waals surface area contributed by atoms with Crippen LogP contribution in [0.5, 0.6) is 0 Å². The van der Waals surface area contributed by atoms with Crippen molar-refractivity contribution < 1.29 is 9.59 Å². The lowest BCUT2D eigenvalue weighted by Gasteiger charge is -2.22. The number of hydrogen-bond acceptors (Lipinski definition) is 5. The lowest BCUT2D eigenvalue weighted by molar-refractivity contribution is -0.134. The van der Waals surface area contributed by atoms with Gasteiger partial charge in [-0.1, -0.05) is 13.3 Å². The molecule has 7 nitrogen and oxygen atoms in total. The Bertz CT molecular complexity index is 267. The van der Waals surface area contributed by atoms with Crippen molar-refractivity contribution in [2.45, 2.75) is 32.2 Å². The van der Waals surface area contributed by atoms with Gasteiger partial charge in [0.2, 0.25) is 11.8 Å². The highest BCUT2D eigenvalue weighted by molar-refractivity contribution is 5.88. The van der Waals surface area contributed by atoms with Crippen molar-refractivity contribution in [1.82, 2.24) is 10.2 Å². The molecule has 0 heterocycles. The van der Waals surface area contributed by atoms with E-state index in [0.717, 1.165) is 12.8 Å². The number of hydrogen-bond donors (Lipinski definition) is 4. The van der Waals surface area contributed by atoms with Gasteiger partial charge in [-0.3, -0.25) is 9.59 Å². The van der Waals surface area contributed by atoms with E-state index in [1.165, 1.54) is 0 Å². The van der Waals surface area contributed by atoms with E-state index in [-0.39, 0.29) is 18.2 Å². The van der Waals surface area contributed by atoms with Crippen molar-refractivity contribution in [2.24, 2.45) is 17.2 Å². The largest absolute Gasteiger partial charge is 0.355 e. The quantitative estimate of drug-likeness (QED) is 0.355. The summed E-state index contributed by atoms with van der Waals surface area (Å²) in [5.74, 6) is -0.476. The lowest BCUT2D eigenvalue weighted by Crippen LogP contribution is -2.46. The molecular weight excluding hydrogens is 246 g/mol. The van der Waals surface area contributed by atoms with Crippen LogP contribution in [0.4, 0.5) is 0 Å². The smallest absolute Gasteiger partial charge is 0.237 e. The van der Waals surface area contributed by atoms with E-state index in [1.54, 1.807) is 4.90 Å². The van der Waals surface area contributed by atoms with Gasteiger partial charge in [0.15, 0.2) is 0 Å². The van der Waals surface area contributed by atoms with Gasteiger partial charge in [0, 0.05) is 32.7 Å².